The third-order valence-electron chi connectivity index (χ3n) is 7.98. The normalized spacial score (nSPS) is 10.8. The summed E-state index contributed by atoms with van der Waals surface area (Å²) < 4.78 is 1.08. The van der Waals surface area contributed by atoms with Crippen LogP contribution < -0.4 is 4.90 Å². The number of para-hydroxylation sites is 1. The Hall–Kier alpha value is -5.18. The van der Waals surface area contributed by atoms with Gasteiger partial charge in [-0.3, -0.25) is 0 Å². The number of anilines is 3. The van der Waals surface area contributed by atoms with Gasteiger partial charge in [-0.25, -0.2) is 0 Å². The Kier molecular flexibility index (Phi) is 7.91. The molecule has 7 aromatic carbocycles. The fraction of sp³-hybridized carbons (Fsp3) is 0. The van der Waals surface area contributed by atoms with Gasteiger partial charge < -0.3 is 4.90 Å². The van der Waals surface area contributed by atoms with Crippen LogP contribution in [0.5, 0.6) is 0 Å². The molecule has 0 heterocycles. The predicted molar refractivity (Wildman–Crippen MR) is 191 cm³/mol. The molecule has 0 radical (unpaired) electrons. The SMILES string of the molecule is Brc1ccc(-c2ccc(N(c3ccc(-c4ccccc4)cc3)c3ccccc3-c3ccc(-c4ccccc4)cc3)cc2)cc1. The van der Waals surface area contributed by atoms with E-state index in [4.69, 9.17) is 0 Å². The Balaban J connectivity index is 1.31. The molecule has 7 aromatic rings. The molecular formula is C42H30BrN. The zero-order chi connectivity index (χ0) is 29.7. The van der Waals surface area contributed by atoms with Crippen LogP contribution in [-0.2, 0) is 0 Å². The lowest BCUT2D eigenvalue weighted by atomic mass is 9.98. The average molecular weight is 629 g/mol. The molecule has 0 bridgehead atoms. The van der Waals surface area contributed by atoms with Crippen LogP contribution in [0, 0.1) is 0 Å². The lowest BCUT2D eigenvalue weighted by Crippen LogP contribution is -2.11. The second-order valence-corrected chi connectivity index (χ2v) is 11.7. The summed E-state index contributed by atoms with van der Waals surface area (Å²) in [4.78, 5) is 2.36. The van der Waals surface area contributed by atoms with E-state index < -0.39 is 0 Å². The third kappa shape index (κ3) is 5.86. The molecular weight excluding hydrogens is 598 g/mol. The monoisotopic (exact) mass is 627 g/mol. The molecule has 1 nitrogen and oxygen atoms in total. The Morgan fingerprint density at radius 3 is 1.11 bits per heavy atom. The minimum absolute atomic E-state index is 1.08. The first-order chi connectivity index (χ1) is 21.7. The van der Waals surface area contributed by atoms with E-state index in [0.717, 1.165) is 21.5 Å². The van der Waals surface area contributed by atoms with Crippen molar-refractivity contribution in [1.82, 2.24) is 0 Å². The highest BCUT2D eigenvalue weighted by Crippen LogP contribution is 2.42. The first-order valence-corrected chi connectivity index (χ1v) is 15.6. The van der Waals surface area contributed by atoms with Gasteiger partial charge in [0.15, 0.2) is 0 Å². The van der Waals surface area contributed by atoms with Gasteiger partial charge in [0, 0.05) is 21.4 Å². The van der Waals surface area contributed by atoms with Crippen molar-refractivity contribution in [3.63, 3.8) is 0 Å². The molecule has 210 valence electrons. The average Bonchev–Trinajstić information content (AvgIpc) is 3.10. The second-order valence-electron chi connectivity index (χ2n) is 10.8. The molecule has 0 aromatic heterocycles. The van der Waals surface area contributed by atoms with Gasteiger partial charge in [0.2, 0.25) is 0 Å². The lowest BCUT2D eigenvalue weighted by molar-refractivity contribution is 1.28. The lowest BCUT2D eigenvalue weighted by Gasteiger charge is -2.28. The first kappa shape index (κ1) is 27.6. The number of nitrogens with zero attached hydrogens (tertiary/aromatic N) is 1. The maximum atomic E-state index is 3.56. The highest BCUT2D eigenvalue weighted by Gasteiger charge is 2.17. The Morgan fingerprint density at radius 1 is 0.295 bits per heavy atom. The van der Waals surface area contributed by atoms with Crippen LogP contribution >= 0.6 is 15.9 Å². The van der Waals surface area contributed by atoms with Crippen molar-refractivity contribution in [3.05, 3.63) is 186 Å². The van der Waals surface area contributed by atoms with Crippen molar-refractivity contribution >= 4 is 33.0 Å². The first-order valence-electron chi connectivity index (χ1n) is 14.8. The molecule has 0 saturated carbocycles. The number of benzene rings is 7. The molecule has 0 aliphatic rings. The molecule has 7 rings (SSSR count). The minimum atomic E-state index is 1.08. The molecule has 0 aliphatic heterocycles. The van der Waals surface area contributed by atoms with Crippen LogP contribution in [0.25, 0.3) is 44.5 Å². The highest BCUT2D eigenvalue weighted by molar-refractivity contribution is 9.10. The topological polar surface area (TPSA) is 3.24 Å². The van der Waals surface area contributed by atoms with Crippen LogP contribution in [0.15, 0.2) is 186 Å². The number of rotatable bonds is 7. The van der Waals surface area contributed by atoms with E-state index in [9.17, 15) is 0 Å². The third-order valence-corrected chi connectivity index (χ3v) is 8.51. The summed E-state index contributed by atoms with van der Waals surface area (Å²) in [6, 6.07) is 64.8. The van der Waals surface area contributed by atoms with Crippen LogP contribution in [0.1, 0.15) is 0 Å². The molecule has 2 heteroatoms. The quantitative estimate of drug-likeness (QED) is 0.170. The van der Waals surface area contributed by atoms with Crippen molar-refractivity contribution < 1.29 is 0 Å². The predicted octanol–water partition coefficient (Wildman–Crippen LogP) is 12.6. The second kappa shape index (κ2) is 12.6. The molecule has 0 unspecified atom stereocenters. The van der Waals surface area contributed by atoms with Gasteiger partial charge in [-0.1, -0.05) is 155 Å². The highest BCUT2D eigenvalue weighted by atomic mass is 79.9. The van der Waals surface area contributed by atoms with Gasteiger partial charge in [0.1, 0.15) is 0 Å². The number of hydrogen-bond acceptors (Lipinski definition) is 1. The molecule has 0 N–H and O–H groups in total. The summed E-state index contributed by atoms with van der Waals surface area (Å²) in [5, 5.41) is 0. The summed E-state index contributed by atoms with van der Waals surface area (Å²) >= 11 is 3.56. The standard InChI is InChI=1S/C42H30BrN/c43-38-25-19-34(20-26-38)36-23-29-40(30-24-36)44(39-27-21-35(22-28-39)32-11-5-2-6-12-32)42-14-8-7-13-41(42)37-17-15-33(16-18-37)31-9-3-1-4-10-31/h1-30H. The van der Waals surface area contributed by atoms with Gasteiger partial charge in [0.25, 0.3) is 0 Å². The molecule has 44 heavy (non-hydrogen) atoms. The molecule has 0 fully saturated rings. The Morgan fingerprint density at radius 2 is 0.636 bits per heavy atom. The van der Waals surface area contributed by atoms with Crippen LogP contribution in [-0.4, -0.2) is 0 Å². The van der Waals surface area contributed by atoms with Crippen LogP contribution in [0.4, 0.5) is 17.1 Å². The Labute approximate surface area is 267 Å². The van der Waals surface area contributed by atoms with E-state index in [1.54, 1.807) is 0 Å². The van der Waals surface area contributed by atoms with E-state index in [-0.39, 0.29) is 0 Å². The van der Waals surface area contributed by atoms with E-state index in [1.807, 2.05) is 0 Å². The zero-order valence-corrected chi connectivity index (χ0v) is 25.7. The molecule has 0 amide bonds. The maximum absolute atomic E-state index is 3.56. The summed E-state index contributed by atoms with van der Waals surface area (Å²) in [6.07, 6.45) is 0. The minimum Gasteiger partial charge on any atom is -0.310 e. The van der Waals surface area contributed by atoms with E-state index in [2.05, 4.69) is 203 Å². The number of hydrogen-bond donors (Lipinski definition) is 0. The van der Waals surface area contributed by atoms with Crippen LogP contribution in [0.2, 0.25) is 0 Å². The van der Waals surface area contributed by atoms with Gasteiger partial charge in [-0.05, 0) is 81.4 Å². The fourth-order valence-corrected chi connectivity index (χ4v) is 5.96. The van der Waals surface area contributed by atoms with Gasteiger partial charge in [0.05, 0.1) is 5.69 Å². The van der Waals surface area contributed by atoms with Gasteiger partial charge in [-0.2, -0.15) is 0 Å². The Bertz CT molecular complexity index is 1960. The summed E-state index contributed by atoms with van der Waals surface area (Å²) in [5.74, 6) is 0. The van der Waals surface area contributed by atoms with Crippen molar-refractivity contribution in [1.29, 1.82) is 0 Å². The van der Waals surface area contributed by atoms with Crippen molar-refractivity contribution in [2.75, 3.05) is 4.90 Å². The van der Waals surface area contributed by atoms with Gasteiger partial charge >= 0.3 is 0 Å². The summed E-state index contributed by atoms with van der Waals surface area (Å²) in [5.41, 5.74) is 12.9. The van der Waals surface area contributed by atoms with Crippen molar-refractivity contribution in [2.24, 2.45) is 0 Å². The van der Waals surface area contributed by atoms with Crippen molar-refractivity contribution in [3.8, 4) is 44.5 Å². The summed E-state index contributed by atoms with van der Waals surface area (Å²) in [7, 11) is 0. The van der Waals surface area contributed by atoms with E-state index in [1.165, 1.54) is 44.5 Å². The van der Waals surface area contributed by atoms with E-state index >= 15 is 0 Å². The maximum Gasteiger partial charge on any atom is 0.0540 e. The summed E-state index contributed by atoms with van der Waals surface area (Å²) in [6.45, 7) is 0. The smallest absolute Gasteiger partial charge is 0.0540 e. The fourth-order valence-electron chi connectivity index (χ4n) is 5.69. The van der Waals surface area contributed by atoms with Crippen molar-refractivity contribution in [2.45, 2.75) is 0 Å². The van der Waals surface area contributed by atoms with Gasteiger partial charge in [-0.15, -0.1) is 0 Å². The zero-order valence-electron chi connectivity index (χ0n) is 24.1. The number of halogens is 1. The molecule has 0 saturated heterocycles. The largest absolute Gasteiger partial charge is 0.310 e. The van der Waals surface area contributed by atoms with Crippen LogP contribution in [0.3, 0.4) is 0 Å². The van der Waals surface area contributed by atoms with E-state index in [0.29, 0.717) is 0 Å². The molecule has 0 spiro atoms. The molecule has 0 atom stereocenters. The molecule has 0 aliphatic carbocycles.